The number of ether oxygens (including phenoxy) is 1. The fraction of sp³-hybridized carbons (Fsp3) is 0.133. The molecule has 0 aromatic heterocycles. The Morgan fingerprint density at radius 2 is 2.10 bits per heavy atom. The lowest BCUT2D eigenvalue weighted by Crippen LogP contribution is -2.05. The van der Waals surface area contributed by atoms with Crippen LogP contribution in [0.25, 0.3) is 0 Å². The highest BCUT2D eigenvalue weighted by atomic mass is 79.9. The largest absolute Gasteiger partial charge is 0.488 e. The minimum absolute atomic E-state index is 0.0557. The maximum Gasteiger partial charge on any atom is 0.339 e. The van der Waals surface area contributed by atoms with Gasteiger partial charge in [-0.15, -0.1) is 0 Å². The number of aromatic carboxylic acids is 1. The number of carboxylic acids is 1. The number of halogens is 3. The van der Waals surface area contributed by atoms with Crippen molar-refractivity contribution in [3.05, 3.63) is 62.3 Å². The minimum Gasteiger partial charge on any atom is -0.488 e. The third-order valence-corrected chi connectivity index (χ3v) is 3.67. The van der Waals surface area contributed by atoms with E-state index in [4.69, 9.17) is 16.3 Å². The molecule has 0 aliphatic rings. The van der Waals surface area contributed by atoms with Crippen LogP contribution in [0.4, 0.5) is 4.39 Å². The van der Waals surface area contributed by atoms with Gasteiger partial charge >= 0.3 is 5.97 Å². The summed E-state index contributed by atoms with van der Waals surface area (Å²) in [7, 11) is 0. The number of rotatable bonds is 4. The van der Waals surface area contributed by atoms with Gasteiger partial charge in [-0.2, -0.15) is 0 Å². The summed E-state index contributed by atoms with van der Waals surface area (Å²) in [5.41, 5.74) is 1.32. The van der Waals surface area contributed by atoms with Crippen molar-refractivity contribution in [2.75, 3.05) is 0 Å². The molecule has 0 radical (unpaired) electrons. The monoisotopic (exact) mass is 372 g/mol. The van der Waals surface area contributed by atoms with Crippen LogP contribution in [-0.2, 0) is 6.61 Å². The standard InChI is InChI=1S/C15H11BrClFO3/c1-8-4-10(16)5-12(15(19)20)14(8)21-7-9-2-3-11(18)6-13(9)17/h2-6H,7H2,1H3,(H,19,20). The molecule has 3 nitrogen and oxygen atoms in total. The molecule has 0 spiro atoms. The molecule has 0 fully saturated rings. The van der Waals surface area contributed by atoms with Crippen molar-refractivity contribution in [1.82, 2.24) is 0 Å². The number of hydrogen-bond donors (Lipinski definition) is 1. The number of aryl methyl sites for hydroxylation is 1. The van der Waals surface area contributed by atoms with Gasteiger partial charge in [0.05, 0.1) is 5.02 Å². The molecule has 2 aromatic rings. The van der Waals surface area contributed by atoms with E-state index in [2.05, 4.69) is 15.9 Å². The minimum atomic E-state index is -1.08. The number of benzene rings is 2. The second kappa shape index (κ2) is 6.45. The maximum absolute atomic E-state index is 13.0. The molecule has 0 aliphatic carbocycles. The van der Waals surface area contributed by atoms with E-state index in [1.807, 2.05) is 0 Å². The summed E-state index contributed by atoms with van der Waals surface area (Å²) in [4.78, 5) is 11.3. The lowest BCUT2D eigenvalue weighted by Gasteiger charge is -2.13. The van der Waals surface area contributed by atoms with Gasteiger partial charge < -0.3 is 9.84 Å². The number of carboxylic acid groups (broad SMARTS) is 1. The van der Waals surface area contributed by atoms with E-state index in [0.29, 0.717) is 15.6 Å². The molecular formula is C15H11BrClFO3. The van der Waals surface area contributed by atoms with Gasteiger partial charge in [0.2, 0.25) is 0 Å². The predicted octanol–water partition coefficient (Wildman–Crippen LogP) is 4.83. The summed E-state index contributed by atoms with van der Waals surface area (Å²) in [5.74, 6) is -1.25. The molecule has 110 valence electrons. The third kappa shape index (κ3) is 3.74. The van der Waals surface area contributed by atoms with Gasteiger partial charge in [0.25, 0.3) is 0 Å². The van der Waals surface area contributed by atoms with E-state index in [-0.39, 0.29) is 22.9 Å². The van der Waals surface area contributed by atoms with E-state index >= 15 is 0 Å². The summed E-state index contributed by atoms with van der Waals surface area (Å²) in [5, 5.41) is 9.46. The van der Waals surface area contributed by atoms with Crippen molar-refractivity contribution in [1.29, 1.82) is 0 Å². The third-order valence-electron chi connectivity index (χ3n) is 2.86. The van der Waals surface area contributed by atoms with Gasteiger partial charge in [-0.3, -0.25) is 0 Å². The van der Waals surface area contributed by atoms with Crippen LogP contribution in [0.5, 0.6) is 5.75 Å². The molecule has 6 heteroatoms. The first-order valence-electron chi connectivity index (χ1n) is 5.98. The molecule has 0 heterocycles. The smallest absolute Gasteiger partial charge is 0.339 e. The Balaban J connectivity index is 2.29. The number of carbonyl (C=O) groups is 1. The summed E-state index contributed by atoms with van der Waals surface area (Å²) >= 11 is 9.17. The van der Waals surface area contributed by atoms with Crippen LogP contribution in [0, 0.1) is 12.7 Å². The highest BCUT2D eigenvalue weighted by molar-refractivity contribution is 9.10. The molecule has 21 heavy (non-hydrogen) atoms. The normalized spacial score (nSPS) is 10.5. The Kier molecular flexibility index (Phi) is 4.85. The van der Waals surface area contributed by atoms with E-state index in [1.165, 1.54) is 24.3 Å². The van der Waals surface area contributed by atoms with Gasteiger partial charge in [0.15, 0.2) is 0 Å². The molecule has 2 rings (SSSR count). The molecule has 0 amide bonds. The Labute approximate surface area is 134 Å². The predicted molar refractivity (Wildman–Crippen MR) is 81.6 cm³/mol. The van der Waals surface area contributed by atoms with E-state index < -0.39 is 11.8 Å². The first kappa shape index (κ1) is 15.8. The Bertz CT molecular complexity index is 704. The highest BCUT2D eigenvalue weighted by Gasteiger charge is 2.16. The first-order chi connectivity index (χ1) is 9.88. The molecule has 0 bridgehead atoms. The topological polar surface area (TPSA) is 46.5 Å². The Morgan fingerprint density at radius 3 is 2.71 bits per heavy atom. The van der Waals surface area contributed by atoms with Gasteiger partial charge in [-0.1, -0.05) is 33.6 Å². The maximum atomic E-state index is 13.0. The SMILES string of the molecule is Cc1cc(Br)cc(C(=O)O)c1OCc1ccc(F)cc1Cl. The summed E-state index contributed by atoms with van der Waals surface area (Å²) in [6.07, 6.45) is 0. The first-order valence-corrected chi connectivity index (χ1v) is 7.15. The van der Waals surface area contributed by atoms with E-state index in [9.17, 15) is 14.3 Å². The van der Waals surface area contributed by atoms with Crippen molar-refractivity contribution < 1.29 is 19.0 Å². The van der Waals surface area contributed by atoms with Crippen molar-refractivity contribution in [2.24, 2.45) is 0 Å². The quantitative estimate of drug-likeness (QED) is 0.835. The fourth-order valence-corrected chi connectivity index (χ4v) is 2.66. The van der Waals surface area contributed by atoms with Crippen LogP contribution in [0.3, 0.4) is 0 Å². The zero-order valence-corrected chi connectivity index (χ0v) is 13.3. The van der Waals surface area contributed by atoms with Gasteiger partial charge in [0.1, 0.15) is 23.7 Å². The lowest BCUT2D eigenvalue weighted by molar-refractivity contribution is 0.0691. The second-order valence-electron chi connectivity index (χ2n) is 4.43. The van der Waals surface area contributed by atoms with E-state index in [1.54, 1.807) is 13.0 Å². The van der Waals surface area contributed by atoms with E-state index in [0.717, 1.165) is 0 Å². The van der Waals surface area contributed by atoms with Gasteiger partial charge in [-0.25, -0.2) is 9.18 Å². The summed E-state index contributed by atoms with van der Waals surface area (Å²) in [6.45, 7) is 1.81. The highest BCUT2D eigenvalue weighted by Crippen LogP contribution is 2.29. The van der Waals surface area contributed by atoms with Crippen LogP contribution >= 0.6 is 27.5 Å². The molecule has 0 saturated carbocycles. The molecule has 2 aromatic carbocycles. The van der Waals surface area contributed by atoms with Crippen molar-refractivity contribution in [3.8, 4) is 5.75 Å². The lowest BCUT2D eigenvalue weighted by atomic mass is 10.1. The van der Waals surface area contributed by atoms with Crippen LogP contribution < -0.4 is 4.74 Å². The summed E-state index contributed by atoms with van der Waals surface area (Å²) in [6, 6.07) is 7.20. The van der Waals surface area contributed by atoms with Crippen LogP contribution in [0.2, 0.25) is 5.02 Å². The van der Waals surface area contributed by atoms with Crippen LogP contribution in [0.1, 0.15) is 21.5 Å². The Hall–Kier alpha value is -1.59. The zero-order valence-electron chi connectivity index (χ0n) is 11.0. The van der Waals surface area contributed by atoms with Gasteiger partial charge in [-0.05, 0) is 36.8 Å². The molecule has 1 N–H and O–H groups in total. The summed E-state index contributed by atoms with van der Waals surface area (Å²) < 4.78 is 19.2. The Morgan fingerprint density at radius 1 is 1.38 bits per heavy atom. The molecule has 0 aliphatic heterocycles. The van der Waals surface area contributed by atoms with Crippen molar-refractivity contribution >= 4 is 33.5 Å². The van der Waals surface area contributed by atoms with Crippen LogP contribution in [0.15, 0.2) is 34.8 Å². The van der Waals surface area contributed by atoms with Crippen molar-refractivity contribution in [2.45, 2.75) is 13.5 Å². The van der Waals surface area contributed by atoms with Gasteiger partial charge in [0, 0.05) is 10.0 Å². The number of hydrogen-bond acceptors (Lipinski definition) is 2. The molecule has 0 unspecified atom stereocenters. The fourth-order valence-electron chi connectivity index (χ4n) is 1.87. The average molecular weight is 374 g/mol. The molecule has 0 atom stereocenters. The molecule has 0 saturated heterocycles. The van der Waals surface area contributed by atoms with Crippen LogP contribution in [-0.4, -0.2) is 11.1 Å². The molecular weight excluding hydrogens is 363 g/mol. The zero-order chi connectivity index (χ0) is 15.6. The average Bonchev–Trinajstić information content (AvgIpc) is 2.38. The van der Waals surface area contributed by atoms with Crippen molar-refractivity contribution in [3.63, 3.8) is 0 Å². The second-order valence-corrected chi connectivity index (χ2v) is 5.75.